The molecule has 3 nitrogen and oxygen atoms in total. The predicted octanol–water partition coefficient (Wildman–Crippen LogP) is 3.00. The fourth-order valence-electron chi connectivity index (χ4n) is 2.02. The highest BCUT2D eigenvalue weighted by Crippen LogP contribution is 2.28. The Balaban J connectivity index is 2.02. The normalized spacial score (nSPS) is 13.9. The Labute approximate surface area is 107 Å². The van der Waals surface area contributed by atoms with Crippen LogP contribution in [0, 0.1) is 0 Å². The first kappa shape index (κ1) is 10.5. The molecule has 1 aromatic heterocycles. The number of pyridine rings is 1. The van der Waals surface area contributed by atoms with E-state index >= 15 is 0 Å². The van der Waals surface area contributed by atoms with E-state index in [0.29, 0.717) is 6.54 Å². The second-order valence-corrected chi connectivity index (χ2v) is 4.70. The molecule has 0 atom stereocenters. The maximum atomic E-state index is 12.2. The van der Waals surface area contributed by atoms with Crippen LogP contribution in [0.5, 0.6) is 0 Å². The minimum Gasteiger partial charge on any atom is -0.304 e. The van der Waals surface area contributed by atoms with Gasteiger partial charge in [0.15, 0.2) is 0 Å². The van der Waals surface area contributed by atoms with Crippen molar-refractivity contribution in [2.24, 2.45) is 0 Å². The molecule has 0 saturated carbocycles. The van der Waals surface area contributed by atoms with Crippen molar-refractivity contribution in [2.75, 3.05) is 4.90 Å². The molecule has 0 bridgehead atoms. The van der Waals surface area contributed by atoms with E-state index in [-0.39, 0.29) is 5.91 Å². The van der Waals surface area contributed by atoms with E-state index < -0.39 is 0 Å². The molecule has 1 aliphatic rings. The highest BCUT2D eigenvalue weighted by molar-refractivity contribution is 9.10. The van der Waals surface area contributed by atoms with E-state index in [1.165, 1.54) is 0 Å². The molecule has 3 rings (SSSR count). The fraction of sp³-hybridized carbons (Fsp3) is 0.0769. The Bertz CT molecular complexity index is 597. The summed E-state index contributed by atoms with van der Waals surface area (Å²) in [5, 5.41) is 0. The third-order valence-corrected chi connectivity index (χ3v) is 3.28. The van der Waals surface area contributed by atoms with Crippen LogP contribution >= 0.6 is 15.9 Å². The van der Waals surface area contributed by atoms with Crippen molar-refractivity contribution in [3.63, 3.8) is 0 Å². The van der Waals surface area contributed by atoms with Crippen LogP contribution in [-0.4, -0.2) is 10.9 Å². The lowest BCUT2D eigenvalue weighted by molar-refractivity contribution is 0.0996. The first-order valence-electron chi connectivity index (χ1n) is 5.27. The Kier molecular flexibility index (Phi) is 2.44. The quantitative estimate of drug-likeness (QED) is 0.756. The maximum Gasteiger partial charge on any atom is 0.258 e. The van der Waals surface area contributed by atoms with Crippen molar-refractivity contribution < 1.29 is 4.79 Å². The molecule has 2 heterocycles. The summed E-state index contributed by atoms with van der Waals surface area (Å²) >= 11 is 3.32. The van der Waals surface area contributed by atoms with E-state index in [1.54, 1.807) is 11.1 Å². The van der Waals surface area contributed by atoms with E-state index in [1.807, 2.05) is 36.4 Å². The van der Waals surface area contributed by atoms with Gasteiger partial charge in [-0.3, -0.25) is 4.79 Å². The van der Waals surface area contributed by atoms with E-state index in [0.717, 1.165) is 21.4 Å². The monoisotopic (exact) mass is 288 g/mol. The third kappa shape index (κ3) is 1.74. The van der Waals surface area contributed by atoms with Crippen molar-refractivity contribution >= 4 is 27.5 Å². The summed E-state index contributed by atoms with van der Waals surface area (Å²) in [5.74, 6) is 0.0544. The minimum atomic E-state index is 0.0544. The molecular formula is C13H9BrN2O. The predicted molar refractivity (Wildman–Crippen MR) is 68.9 cm³/mol. The Hall–Kier alpha value is -1.68. The van der Waals surface area contributed by atoms with Crippen LogP contribution < -0.4 is 4.90 Å². The van der Waals surface area contributed by atoms with Gasteiger partial charge in [0.1, 0.15) is 4.60 Å². The van der Waals surface area contributed by atoms with Gasteiger partial charge >= 0.3 is 0 Å². The van der Waals surface area contributed by atoms with E-state index in [2.05, 4.69) is 20.9 Å². The first-order chi connectivity index (χ1) is 8.25. The van der Waals surface area contributed by atoms with Gasteiger partial charge in [-0.05, 0) is 39.7 Å². The largest absolute Gasteiger partial charge is 0.304 e. The number of amides is 1. The highest BCUT2D eigenvalue weighted by atomic mass is 79.9. The number of anilines is 1. The Morgan fingerprint density at radius 3 is 2.82 bits per heavy atom. The van der Waals surface area contributed by atoms with Crippen LogP contribution in [0.4, 0.5) is 5.69 Å². The molecule has 0 radical (unpaired) electrons. The lowest BCUT2D eigenvalue weighted by Gasteiger charge is -2.15. The molecule has 1 amide bonds. The van der Waals surface area contributed by atoms with Crippen molar-refractivity contribution in [3.05, 3.63) is 58.3 Å². The summed E-state index contributed by atoms with van der Waals surface area (Å²) in [4.78, 5) is 18.0. The molecule has 1 aliphatic heterocycles. The smallest absolute Gasteiger partial charge is 0.258 e. The van der Waals surface area contributed by atoms with Gasteiger partial charge in [-0.2, -0.15) is 0 Å². The Morgan fingerprint density at radius 2 is 2.06 bits per heavy atom. The summed E-state index contributed by atoms with van der Waals surface area (Å²) in [6.45, 7) is 0.630. The number of rotatable bonds is 1. The standard InChI is InChI=1S/C13H9BrN2O/c14-12-7-10(5-6-15-12)16-8-9-3-1-2-4-11(9)13(16)17/h1-7H,8H2. The number of carbonyl (C=O) groups excluding carboxylic acids is 1. The molecule has 0 fully saturated rings. The number of hydrogen-bond donors (Lipinski definition) is 0. The van der Waals surface area contributed by atoms with Crippen molar-refractivity contribution in [1.29, 1.82) is 0 Å². The van der Waals surface area contributed by atoms with Gasteiger partial charge < -0.3 is 4.90 Å². The molecule has 0 N–H and O–H groups in total. The van der Waals surface area contributed by atoms with Gasteiger partial charge in [-0.15, -0.1) is 0 Å². The van der Waals surface area contributed by atoms with Crippen LogP contribution in [0.3, 0.4) is 0 Å². The van der Waals surface area contributed by atoms with Crippen molar-refractivity contribution in [3.8, 4) is 0 Å². The number of carbonyl (C=O) groups is 1. The Morgan fingerprint density at radius 1 is 1.24 bits per heavy atom. The topological polar surface area (TPSA) is 33.2 Å². The molecule has 2 aromatic rings. The lowest BCUT2D eigenvalue weighted by atomic mass is 10.1. The third-order valence-electron chi connectivity index (χ3n) is 2.84. The molecule has 0 saturated heterocycles. The zero-order valence-electron chi connectivity index (χ0n) is 8.93. The molecule has 4 heteroatoms. The SMILES string of the molecule is O=C1c2ccccc2CN1c1ccnc(Br)c1. The number of aromatic nitrogens is 1. The lowest BCUT2D eigenvalue weighted by Crippen LogP contribution is -2.22. The van der Waals surface area contributed by atoms with Crippen LogP contribution in [0.25, 0.3) is 0 Å². The molecule has 0 unspecified atom stereocenters. The zero-order valence-corrected chi connectivity index (χ0v) is 10.5. The second-order valence-electron chi connectivity index (χ2n) is 3.89. The fourth-order valence-corrected chi connectivity index (χ4v) is 2.38. The molecule has 0 aliphatic carbocycles. The van der Waals surface area contributed by atoms with Gasteiger partial charge in [0.2, 0.25) is 0 Å². The van der Waals surface area contributed by atoms with Crippen LogP contribution in [0.15, 0.2) is 47.2 Å². The van der Waals surface area contributed by atoms with E-state index in [4.69, 9.17) is 0 Å². The second kappa shape index (κ2) is 3.96. The van der Waals surface area contributed by atoms with Crippen molar-refractivity contribution in [1.82, 2.24) is 4.98 Å². The van der Waals surface area contributed by atoms with Crippen LogP contribution in [0.1, 0.15) is 15.9 Å². The molecular weight excluding hydrogens is 280 g/mol. The summed E-state index contributed by atoms with van der Waals surface area (Å²) in [6, 6.07) is 11.4. The van der Waals surface area contributed by atoms with Gasteiger partial charge in [0.05, 0.1) is 6.54 Å². The summed E-state index contributed by atoms with van der Waals surface area (Å²) in [6.07, 6.45) is 1.69. The molecule has 17 heavy (non-hydrogen) atoms. The van der Waals surface area contributed by atoms with Crippen molar-refractivity contribution in [2.45, 2.75) is 6.54 Å². The highest BCUT2D eigenvalue weighted by Gasteiger charge is 2.27. The average molecular weight is 289 g/mol. The van der Waals surface area contributed by atoms with Gasteiger partial charge in [0.25, 0.3) is 5.91 Å². The first-order valence-corrected chi connectivity index (χ1v) is 6.06. The number of nitrogens with zero attached hydrogens (tertiary/aromatic N) is 2. The average Bonchev–Trinajstić information content (AvgIpc) is 2.68. The van der Waals surface area contributed by atoms with E-state index in [9.17, 15) is 4.79 Å². The van der Waals surface area contributed by atoms with Gasteiger partial charge in [0, 0.05) is 17.4 Å². The summed E-state index contributed by atoms with van der Waals surface area (Å²) < 4.78 is 0.735. The summed E-state index contributed by atoms with van der Waals surface area (Å²) in [7, 11) is 0. The number of halogens is 1. The number of benzene rings is 1. The molecule has 0 spiro atoms. The minimum absolute atomic E-state index is 0.0544. The number of fused-ring (bicyclic) bond motifs is 1. The maximum absolute atomic E-state index is 12.2. The van der Waals surface area contributed by atoms with Crippen LogP contribution in [0.2, 0.25) is 0 Å². The summed E-state index contributed by atoms with van der Waals surface area (Å²) in [5.41, 5.74) is 2.74. The molecule has 1 aromatic carbocycles. The number of hydrogen-bond acceptors (Lipinski definition) is 2. The van der Waals surface area contributed by atoms with Crippen LogP contribution in [-0.2, 0) is 6.54 Å². The molecule has 84 valence electrons. The zero-order chi connectivity index (χ0) is 11.8. The van der Waals surface area contributed by atoms with Gasteiger partial charge in [-0.1, -0.05) is 18.2 Å². The van der Waals surface area contributed by atoms with Gasteiger partial charge in [-0.25, -0.2) is 4.98 Å².